The minimum Gasteiger partial charge on any atom is -0.260 e. The second-order valence-corrected chi connectivity index (χ2v) is 18.5. The van der Waals surface area contributed by atoms with Crippen LogP contribution in [-0.2, 0) is 16.4 Å². The number of aromatic nitrogens is 1. The van der Waals surface area contributed by atoms with Crippen LogP contribution >= 0.6 is 0 Å². The van der Waals surface area contributed by atoms with E-state index >= 15 is 0 Å². The van der Waals surface area contributed by atoms with Gasteiger partial charge >= 0.3 is 6.01 Å². The average molecular weight is 846 g/mol. The number of pyridine rings is 1. The van der Waals surface area contributed by atoms with E-state index in [4.69, 9.17) is 4.98 Å². The largest absolute Gasteiger partial charge is 0.490 e. The molecule has 0 N–H and O–H groups in total. The molecule has 2 heterocycles. The van der Waals surface area contributed by atoms with Crippen LogP contribution in [0.15, 0.2) is 224 Å². The molecule has 0 fully saturated rings. The van der Waals surface area contributed by atoms with Gasteiger partial charge in [-0.3, -0.25) is 4.98 Å². The topological polar surface area (TPSA) is 18.9 Å². The Bertz CT molecular complexity index is 3520. The molecule has 1 aliphatic heterocycles. The van der Waals surface area contributed by atoms with Gasteiger partial charge in [0.2, 0.25) is 0 Å². The molecule has 0 saturated heterocycles. The van der Waals surface area contributed by atoms with Gasteiger partial charge < -0.3 is 0 Å². The lowest BCUT2D eigenvalue weighted by Gasteiger charge is -2.37. The Balaban J connectivity index is 1.14. The number of hydrogen-bond acceptors (Lipinski definition) is 1. The Hall–Kier alpha value is -7.97. The van der Waals surface area contributed by atoms with Crippen molar-refractivity contribution in [2.75, 3.05) is 7.05 Å². The second kappa shape index (κ2) is 14.0. The van der Waals surface area contributed by atoms with Crippen molar-refractivity contribution in [1.82, 2.24) is 4.98 Å². The molecule has 0 unspecified atom stereocenters. The predicted octanol–water partition coefficient (Wildman–Crippen LogP) is 13.5. The molecule has 312 valence electrons. The molecule has 0 bridgehead atoms. The van der Waals surface area contributed by atoms with Crippen LogP contribution in [0.2, 0.25) is 0 Å². The van der Waals surface area contributed by atoms with Gasteiger partial charge in [-0.1, -0.05) is 197 Å². The lowest BCUT2D eigenvalue weighted by molar-refractivity contribution is -0.548. The normalized spacial score (nSPS) is 16.1. The molecular formula is C63H47N3+2. The SMILES string of the molecule is CC1=C(C)[N+](C2(c3cccc(C4(c5cccc(C6(c7cc(C)ccn7)c7ccccc7-c7ccccc76)c5)c5ccccc5-c5ccccc54)c3)c3ccccc3-c3ccccc32)=C=[N+]1C. The van der Waals surface area contributed by atoms with Crippen molar-refractivity contribution in [3.05, 3.63) is 291 Å². The van der Waals surface area contributed by atoms with Crippen molar-refractivity contribution in [1.29, 1.82) is 0 Å². The zero-order valence-corrected chi connectivity index (χ0v) is 37.5. The fourth-order valence-electron chi connectivity index (χ4n) is 12.6. The van der Waals surface area contributed by atoms with Gasteiger partial charge in [-0.05, 0) is 103 Å². The molecule has 0 amide bonds. The number of aryl methyl sites for hydroxylation is 1. The quantitative estimate of drug-likeness (QED) is 0.153. The standard InChI is InChI=1S/C63H47N3/c1-41-35-36-64-60(37-41)62(56-31-13-7-25-50(56)51-26-8-14-32-57(51)62)46-21-17-19-44(38-46)61(54-29-11-5-23-48(54)49-24-6-12-30-55(49)61)45-20-18-22-47(39-45)63(66-40-65(4)42(2)43(66)3)58-33-15-9-27-52(58)53-28-10-16-34-59(53)63/h5-39H,1-4H3/q+2. The number of benzene rings is 8. The first-order chi connectivity index (χ1) is 32.4. The summed E-state index contributed by atoms with van der Waals surface area (Å²) in [7, 11) is 2.12. The highest BCUT2D eigenvalue weighted by atomic mass is 15.2. The number of hydrogen-bond donors (Lipinski definition) is 0. The summed E-state index contributed by atoms with van der Waals surface area (Å²) in [4.78, 5) is 5.28. The second-order valence-electron chi connectivity index (χ2n) is 18.5. The first-order valence-corrected chi connectivity index (χ1v) is 23.1. The van der Waals surface area contributed by atoms with E-state index < -0.39 is 16.4 Å². The fourth-order valence-corrected chi connectivity index (χ4v) is 12.6. The zero-order chi connectivity index (χ0) is 44.4. The van der Waals surface area contributed by atoms with E-state index in [1.807, 2.05) is 6.20 Å². The summed E-state index contributed by atoms with van der Waals surface area (Å²) in [5.74, 6) is 0. The Morgan fingerprint density at radius 3 is 1.20 bits per heavy atom. The van der Waals surface area contributed by atoms with Crippen LogP contribution in [0, 0.1) is 6.92 Å². The summed E-state index contributed by atoms with van der Waals surface area (Å²) >= 11 is 0. The first-order valence-electron chi connectivity index (χ1n) is 23.1. The Morgan fingerprint density at radius 2 is 0.758 bits per heavy atom. The van der Waals surface area contributed by atoms with E-state index in [1.165, 1.54) is 106 Å². The third-order valence-corrected chi connectivity index (χ3v) is 15.5. The van der Waals surface area contributed by atoms with Crippen molar-refractivity contribution in [3.63, 3.8) is 0 Å². The van der Waals surface area contributed by atoms with Crippen molar-refractivity contribution in [2.45, 2.75) is 37.1 Å². The highest BCUT2D eigenvalue weighted by molar-refractivity contribution is 5.89. The van der Waals surface area contributed by atoms with E-state index in [2.05, 4.69) is 249 Å². The number of nitrogens with zero attached hydrogens (tertiary/aromatic N) is 3. The van der Waals surface area contributed by atoms with Crippen LogP contribution in [0.4, 0.5) is 0 Å². The predicted molar refractivity (Wildman–Crippen MR) is 265 cm³/mol. The summed E-state index contributed by atoms with van der Waals surface area (Å²) in [5, 5.41) is 0. The zero-order valence-electron chi connectivity index (χ0n) is 37.5. The van der Waals surface area contributed by atoms with Crippen LogP contribution < -0.4 is 0 Å². The minimum absolute atomic E-state index is 0.660. The van der Waals surface area contributed by atoms with Gasteiger partial charge in [0.05, 0.1) is 16.5 Å². The fraction of sp³-hybridized carbons (Fsp3) is 0.111. The highest BCUT2D eigenvalue weighted by Crippen LogP contribution is 2.61. The molecule has 0 spiro atoms. The van der Waals surface area contributed by atoms with E-state index in [9.17, 15) is 0 Å². The summed E-state index contributed by atoms with van der Waals surface area (Å²) < 4.78 is 4.57. The first kappa shape index (κ1) is 38.5. The molecule has 0 saturated carbocycles. The van der Waals surface area contributed by atoms with Crippen LogP contribution in [0.3, 0.4) is 0 Å². The Labute approximate surface area is 386 Å². The van der Waals surface area contributed by atoms with E-state index in [0.717, 1.165) is 5.69 Å². The van der Waals surface area contributed by atoms with E-state index in [-0.39, 0.29) is 0 Å². The molecule has 3 aliphatic carbocycles. The minimum atomic E-state index is -0.696. The maximum absolute atomic E-state index is 5.28. The third kappa shape index (κ3) is 4.80. The van der Waals surface area contributed by atoms with Crippen molar-refractivity contribution < 1.29 is 9.15 Å². The molecule has 3 heteroatoms. The molecule has 0 radical (unpaired) electrons. The summed E-state index contributed by atoms with van der Waals surface area (Å²) in [6.07, 6.45) is 1.98. The number of rotatable bonds is 6. The monoisotopic (exact) mass is 845 g/mol. The summed E-state index contributed by atoms with van der Waals surface area (Å²) in [5.41, 5.74) is 22.5. The summed E-state index contributed by atoms with van der Waals surface area (Å²) in [6, 6.07) is 81.5. The maximum atomic E-state index is 5.28. The van der Waals surface area contributed by atoms with Gasteiger partial charge in [0.15, 0.2) is 7.05 Å². The Morgan fingerprint density at radius 1 is 0.379 bits per heavy atom. The van der Waals surface area contributed by atoms with E-state index in [1.54, 1.807) is 0 Å². The van der Waals surface area contributed by atoms with Crippen LogP contribution in [0.25, 0.3) is 33.4 Å². The van der Waals surface area contributed by atoms with Crippen molar-refractivity contribution in [3.8, 4) is 33.4 Å². The smallest absolute Gasteiger partial charge is 0.260 e. The molecule has 1 aromatic heterocycles. The Kier molecular flexibility index (Phi) is 8.17. The molecule has 66 heavy (non-hydrogen) atoms. The highest BCUT2D eigenvalue weighted by Gasteiger charge is 2.59. The lowest BCUT2D eigenvalue weighted by atomic mass is 9.64. The van der Waals surface area contributed by atoms with Gasteiger partial charge in [0.1, 0.15) is 0 Å². The van der Waals surface area contributed by atoms with Crippen LogP contribution in [0.5, 0.6) is 0 Å². The summed E-state index contributed by atoms with van der Waals surface area (Å²) in [6.45, 7) is 6.63. The van der Waals surface area contributed by atoms with Crippen LogP contribution in [0.1, 0.15) is 80.7 Å². The van der Waals surface area contributed by atoms with Crippen molar-refractivity contribution in [2.24, 2.45) is 0 Å². The van der Waals surface area contributed by atoms with Crippen LogP contribution in [-0.4, -0.2) is 27.2 Å². The average Bonchev–Trinajstić information content (AvgIpc) is 4.04. The molecule has 3 nitrogen and oxygen atoms in total. The molecule has 4 aliphatic rings. The molecule has 13 rings (SSSR count). The van der Waals surface area contributed by atoms with Crippen molar-refractivity contribution >= 4 is 6.01 Å². The molecule has 9 aromatic rings. The van der Waals surface area contributed by atoms with Gasteiger partial charge in [-0.15, -0.1) is 0 Å². The lowest BCUT2D eigenvalue weighted by Crippen LogP contribution is -2.39. The number of allylic oxidation sites excluding steroid dienone is 2. The third-order valence-electron chi connectivity index (χ3n) is 15.5. The molecule has 8 aromatic carbocycles. The van der Waals surface area contributed by atoms with Gasteiger partial charge in [0, 0.05) is 36.7 Å². The molecule has 0 atom stereocenters. The van der Waals surface area contributed by atoms with E-state index in [0.29, 0.717) is 0 Å². The van der Waals surface area contributed by atoms with Gasteiger partial charge in [-0.2, -0.15) is 0 Å². The van der Waals surface area contributed by atoms with Gasteiger partial charge in [0.25, 0.3) is 16.9 Å². The number of fused-ring (bicyclic) bond motifs is 9. The van der Waals surface area contributed by atoms with Gasteiger partial charge in [-0.25, -0.2) is 0 Å². The molecular weight excluding hydrogens is 799 g/mol. The maximum Gasteiger partial charge on any atom is 0.490 e.